The molecule has 0 bridgehead atoms. The number of piperidine rings is 1. The first-order valence-electron chi connectivity index (χ1n) is 10.2. The molecule has 1 aromatic heterocycles. The SMILES string of the molecule is O=c1ccc(-c2ccccc2)nn1C1CCN(S(=O)(=O)C2CCCCC2)CC1. The van der Waals surface area contributed by atoms with Gasteiger partial charge < -0.3 is 0 Å². The summed E-state index contributed by atoms with van der Waals surface area (Å²) in [5.41, 5.74) is 1.60. The van der Waals surface area contributed by atoms with Gasteiger partial charge in [0.05, 0.1) is 17.0 Å². The van der Waals surface area contributed by atoms with Crippen LogP contribution < -0.4 is 5.56 Å². The van der Waals surface area contributed by atoms with Crippen LogP contribution in [0.15, 0.2) is 47.3 Å². The van der Waals surface area contributed by atoms with E-state index in [1.54, 1.807) is 21.1 Å². The topological polar surface area (TPSA) is 72.3 Å². The molecule has 2 heterocycles. The number of rotatable bonds is 4. The molecule has 150 valence electrons. The number of sulfonamides is 1. The predicted octanol–water partition coefficient (Wildman–Crippen LogP) is 3.21. The van der Waals surface area contributed by atoms with Crippen LogP contribution in [-0.4, -0.2) is 40.8 Å². The fourth-order valence-corrected chi connectivity index (χ4v) is 6.44. The van der Waals surface area contributed by atoms with Gasteiger partial charge in [0, 0.05) is 24.7 Å². The van der Waals surface area contributed by atoms with Gasteiger partial charge in [-0.25, -0.2) is 17.4 Å². The second-order valence-electron chi connectivity index (χ2n) is 7.80. The highest BCUT2D eigenvalue weighted by atomic mass is 32.2. The summed E-state index contributed by atoms with van der Waals surface area (Å²) in [5, 5.41) is 4.36. The van der Waals surface area contributed by atoms with Crippen molar-refractivity contribution in [1.82, 2.24) is 14.1 Å². The lowest BCUT2D eigenvalue weighted by atomic mass is 10.0. The maximum absolute atomic E-state index is 12.9. The average molecular weight is 402 g/mol. The van der Waals surface area contributed by atoms with Crippen molar-refractivity contribution in [2.75, 3.05) is 13.1 Å². The molecule has 4 rings (SSSR count). The Morgan fingerprint density at radius 2 is 1.54 bits per heavy atom. The van der Waals surface area contributed by atoms with E-state index in [-0.39, 0.29) is 16.9 Å². The zero-order chi connectivity index (χ0) is 19.6. The van der Waals surface area contributed by atoms with E-state index in [4.69, 9.17) is 0 Å². The van der Waals surface area contributed by atoms with Crippen molar-refractivity contribution in [2.45, 2.75) is 56.2 Å². The normalized spacial score (nSPS) is 20.3. The summed E-state index contributed by atoms with van der Waals surface area (Å²) in [6.45, 7) is 0.931. The molecule has 1 saturated heterocycles. The summed E-state index contributed by atoms with van der Waals surface area (Å²) in [7, 11) is -3.23. The third-order valence-electron chi connectivity index (χ3n) is 6.00. The van der Waals surface area contributed by atoms with E-state index in [9.17, 15) is 13.2 Å². The fourth-order valence-electron chi connectivity index (χ4n) is 4.36. The average Bonchev–Trinajstić information content (AvgIpc) is 2.75. The minimum absolute atomic E-state index is 0.0611. The summed E-state index contributed by atoms with van der Waals surface area (Å²) in [6, 6.07) is 13.0. The number of aromatic nitrogens is 2. The Bertz CT molecular complexity index is 958. The minimum Gasteiger partial charge on any atom is -0.268 e. The Balaban J connectivity index is 1.49. The zero-order valence-electron chi connectivity index (χ0n) is 16.0. The molecule has 0 atom stereocenters. The molecule has 6 nitrogen and oxygen atoms in total. The van der Waals surface area contributed by atoms with E-state index in [0.717, 1.165) is 43.4 Å². The lowest BCUT2D eigenvalue weighted by Gasteiger charge is -2.35. The molecule has 0 radical (unpaired) electrons. The Hall–Kier alpha value is -1.99. The Kier molecular flexibility index (Phi) is 5.64. The molecular weight excluding hydrogens is 374 g/mol. The van der Waals surface area contributed by atoms with Crippen LogP contribution in [0, 0.1) is 0 Å². The van der Waals surface area contributed by atoms with Gasteiger partial charge in [-0.2, -0.15) is 5.10 Å². The second kappa shape index (κ2) is 8.17. The molecule has 0 unspecified atom stereocenters. The van der Waals surface area contributed by atoms with Crippen molar-refractivity contribution in [3.8, 4) is 11.3 Å². The molecule has 0 spiro atoms. The maximum atomic E-state index is 12.9. The Morgan fingerprint density at radius 3 is 2.21 bits per heavy atom. The molecule has 1 aromatic carbocycles. The van der Waals surface area contributed by atoms with E-state index >= 15 is 0 Å². The molecule has 2 fully saturated rings. The summed E-state index contributed by atoms with van der Waals surface area (Å²) in [6.07, 6.45) is 5.96. The number of hydrogen-bond donors (Lipinski definition) is 0. The minimum atomic E-state index is -3.23. The van der Waals surface area contributed by atoms with Crippen LogP contribution in [0.4, 0.5) is 0 Å². The molecule has 1 aliphatic heterocycles. The summed E-state index contributed by atoms with van der Waals surface area (Å²) in [4.78, 5) is 12.4. The van der Waals surface area contributed by atoms with E-state index in [1.807, 2.05) is 30.3 Å². The molecule has 1 saturated carbocycles. The molecular formula is C21H27N3O3S. The van der Waals surface area contributed by atoms with Crippen LogP contribution >= 0.6 is 0 Å². The molecule has 0 N–H and O–H groups in total. The second-order valence-corrected chi connectivity index (χ2v) is 10.0. The van der Waals surface area contributed by atoms with Crippen LogP contribution in [0.5, 0.6) is 0 Å². The van der Waals surface area contributed by atoms with Crippen molar-refractivity contribution < 1.29 is 8.42 Å². The van der Waals surface area contributed by atoms with E-state index in [2.05, 4.69) is 5.10 Å². The highest BCUT2D eigenvalue weighted by Gasteiger charge is 2.35. The van der Waals surface area contributed by atoms with Crippen LogP contribution in [-0.2, 0) is 10.0 Å². The van der Waals surface area contributed by atoms with Gasteiger partial charge in [-0.3, -0.25) is 4.79 Å². The molecule has 0 amide bonds. The summed E-state index contributed by atoms with van der Waals surface area (Å²) in [5.74, 6) is 0. The van der Waals surface area contributed by atoms with Gasteiger partial charge in [0.1, 0.15) is 0 Å². The molecule has 2 aromatic rings. The van der Waals surface area contributed by atoms with Gasteiger partial charge >= 0.3 is 0 Å². The van der Waals surface area contributed by atoms with Crippen molar-refractivity contribution in [2.24, 2.45) is 0 Å². The van der Waals surface area contributed by atoms with Gasteiger partial charge in [-0.05, 0) is 31.7 Å². The zero-order valence-corrected chi connectivity index (χ0v) is 16.9. The largest absolute Gasteiger partial charge is 0.268 e. The molecule has 28 heavy (non-hydrogen) atoms. The summed E-state index contributed by atoms with van der Waals surface area (Å²) < 4.78 is 29.1. The van der Waals surface area contributed by atoms with Gasteiger partial charge in [0.25, 0.3) is 5.56 Å². The Labute approximate surface area is 166 Å². The fraction of sp³-hybridized carbons (Fsp3) is 0.524. The molecule has 7 heteroatoms. The van der Waals surface area contributed by atoms with Crippen molar-refractivity contribution in [3.63, 3.8) is 0 Å². The number of nitrogens with zero attached hydrogens (tertiary/aromatic N) is 3. The van der Waals surface area contributed by atoms with Crippen molar-refractivity contribution in [1.29, 1.82) is 0 Å². The lowest BCUT2D eigenvalue weighted by molar-refractivity contribution is 0.252. The van der Waals surface area contributed by atoms with E-state index in [0.29, 0.717) is 25.9 Å². The smallest absolute Gasteiger partial charge is 0.267 e. The van der Waals surface area contributed by atoms with Crippen molar-refractivity contribution in [3.05, 3.63) is 52.8 Å². The maximum Gasteiger partial charge on any atom is 0.267 e. The van der Waals surface area contributed by atoms with Crippen LogP contribution in [0.2, 0.25) is 0 Å². The summed E-state index contributed by atoms with van der Waals surface area (Å²) >= 11 is 0. The van der Waals surface area contributed by atoms with Gasteiger partial charge in [-0.15, -0.1) is 0 Å². The molecule has 2 aliphatic rings. The van der Waals surface area contributed by atoms with Gasteiger partial charge in [0.15, 0.2) is 0 Å². The van der Waals surface area contributed by atoms with Gasteiger partial charge in [0.2, 0.25) is 10.0 Å². The standard InChI is InChI=1S/C21H27N3O3S/c25-21-12-11-20(17-7-3-1-4-8-17)22-24(21)18-13-15-23(16-14-18)28(26,27)19-9-5-2-6-10-19/h1,3-4,7-8,11-12,18-19H,2,5-6,9-10,13-16H2. The predicted molar refractivity (Wildman–Crippen MR) is 110 cm³/mol. The molecule has 1 aliphatic carbocycles. The highest BCUT2D eigenvalue weighted by molar-refractivity contribution is 7.89. The lowest BCUT2D eigenvalue weighted by Crippen LogP contribution is -2.45. The van der Waals surface area contributed by atoms with Gasteiger partial charge in [-0.1, -0.05) is 49.6 Å². The van der Waals surface area contributed by atoms with Crippen LogP contribution in [0.25, 0.3) is 11.3 Å². The number of hydrogen-bond acceptors (Lipinski definition) is 4. The highest BCUT2D eigenvalue weighted by Crippen LogP contribution is 2.30. The van der Waals surface area contributed by atoms with Crippen LogP contribution in [0.1, 0.15) is 51.0 Å². The van der Waals surface area contributed by atoms with E-state index < -0.39 is 10.0 Å². The third-order valence-corrected chi connectivity index (χ3v) is 8.40. The monoisotopic (exact) mass is 401 g/mol. The van der Waals surface area contributed by atoms with Crippen molar-refractivity contribution >= 4 is 10.0 Å². The Morgan fingerprint density at radius 1 is 0.857 bits per heavy atom. The number of benzene rings is 1. The first-order valence-corrected chi connectivity index (χ1v) is 11.7. The first-order chi connectivity index (χ1) is 13.6. The quantitative estimate of drug-likeness (QED) is 0.789. The van der Waals surface area contributed by atoms with E-state index in [1.165, 1.54) is 0 Å². The van der Waals surface area contributed by atoms with Crippen LogP contribution in [0.3, 0.4) is 0 Å². The third kappa shape index (κ3) is 3.91. The first kappa shape index (κ1) is 19.3.